The monoisotopic (exact) mass is 301 g/mol. The molecule has 3 heteroatoms. The molecule has 1 aromatic rings. The first-order valence-electron chi connectivity index (χ1n) is 8.12. The molecule has 0 saturated carbocycles. The van der Waals surface area contributed by atoms with Crippen LogP contribution in [0.5, 0.6) is 11.5 Å². The van der Waals surface area contributed by atoms with Gasteiger partial charge in [-0.3, -0.25) is 0 Å². The topological polar surface area (TPSA) is 52.5 Å². The van der Waals surface area contributed by atoms with Gasteiger partial charge in [0.1, 0.15) is 11.5 Å². The molecule has 0 aliphatic heterocycles. The zero-order valence-electron chi connectivity index (χ0n) is 13.6. The second-order valence-electron chi connectivity index (χ2n) is 6.13. The summed E-state index contributed by atoms with van der Waals surface area (Å²) in [4.78, 5) is 0. The summed E-state index contributed by atoms with van der Waals surface area (Å²) in [5.41, 5.74) is 2.89. The molecular weight excluding hydrogens is 274 g/mol. The minimum absolute atomic E-state index is 0.00840. The second-order valence-corrected chi connectivity index (χ2v) is 6.13. The molecule has 0 amide bonds. The van der Waals surface area contributed by atoms with Crippen molar-refractivity contribution in [2.24, 2.45) is 5.92 Å². The van der Waals surface area contributed by atoms with E-state index in [1.807, 2.05) is 6.08 Å². The lowest BCUT2D eigenvalue weighted by atomic mass is 9.76. The van der Waals surface area contributed by atoms with Gasteiger partial charge < -0.3 is 15.5 Å². The molecule has 22 heavy (non-hydrogen) atoms. The highest BCUT2D eigenvalue weighted by Gasteiger charge is 2.27. The van der Waals surface area contributed by atoms with Crippen LogP contribution in [0.25, 0.3) is 0 Å². The first-order chi connectivity index (χ1) is 10.6. The van der Waals surface area contributed by atoms with Crippen LogP contribution in [0.1, 0.15) is 43.7 Å². The lowest BCUT2D eigenvalue weighted by Crippen LogP contribution is -2.16. The highest BCUT2D eigenvalue weighted by Crippen LogP contribution is 2.44. The van der Waals surface area contributed by atoms with Crippen molar-refractivity contribution >= 4 is 0 Å². The van der Waals surface area contributed by atoms with Crippen molar-refractivity contribution in [1.29, 1.82) is 0 Å². The van der Waals surface area contributed by atoms with E-state index in [1.165, 1.54) is 5.57 Å². The Morgan fingerprint density at radius 2 is 2.00 bits per heavy atom. The van der Waals surface area contributed by atoms with Gasteiger partial charge in [0.2, 0.25) is 0 Å². The molecule has 3 N–H and O–H groups in total. The number of aromatic hydroxyl groups is 2. The Morgan fingerprint density at radius 1 is 1.32 bits per heavy atom. The van der Waals surface area contributed by atoms with Gasteiger partial charge in [-0.2, -0.15) is 0 Å². The first-order valence-corrected chi connectivity index (χ1v) is 8.12. The number of allylic oxidation sites excluding steroid dienone is 3. The van der Waals surface area contributed by atoms with Crippen molar-refractivity contribution < 1.29 is 10.2 Å². The number of hydrogen-bond donors (Lipinski definition) is 3. The van der Waals surface area contributed by atoms with E-state index in [1.54, 1.807) is 12.1 Å². The summed E-state index contributed by atoms with van der Waals surface area (Å²) >= 11 is 0. The van der Waals surface area contributed by atoms with E-state index < -0.39 is 0 Å². The number of rotatable bonds is 6. The molecule has 1 aromatic carbocycles. The van der Waals surface area contributed by atoms with Crippen LogP contribution in [0, 0.1) is 5.92 Å². The van der Waals surface area contributed by atoms with Gasteiger partial charge in [-0.05, 0) is 62.9 Å². The summed E-state index contributed by atoms with van der Waals surface area (Å²) in [6, 6.07) is 3.56. The predicted molar refractivity (Wildman–Crippen MR) is 91.4 cm³/mol. The van der Waals surface area contributed by atoms with E-state index in [4.69, 9.17) is 0 Å². The molecule has 0 heterocycles. The molecule has 0 fully saturated rings. The summed E-state index contributed by atoms with van der Waals surface area (Å²) in [6.07, 6.45) is 6.95. The third kappa shape index (κ3) is 3.72. The van der Waals surface area contributed by atoms with Crippen molar-refractivity contribution in [2.75, 3.05) is 13.1 Å². The van der Waals surface area contributed by atoms with Gasteiger partial charge in [0.05, 0.1) is 0 Å². The molecule has 1 aliphatic carbocycles. The van der Waals surface area contributed by atoms with Crippen molar-refractivity contribution in [2.45, 2.75) is 39.0 Å². The van der Waals surface area contributed by atoms with Gasteiger partial charge in [-0.25, -0.2) is 0 Å². The first kappa shape index (κ1) is 16.6. The van der Waals surface area contributed by atoms with Crippen LogP contribution in [0.3, 0.4) is 0 Å². The van der Waals surface area contributed by atoms with Gasteiger partial charge in [0.25, 0.3) is 0 Å². The molecule has 0 bridgehead atoms. The summed E-state index contributed by atoms with van der Waals surface area (Å²) in [6.45, 7) is 9.83. The maximum absolute atomic E-state index is 10.4. The molecular formula is C19H27NO2. The molecule has 0 unspecified atom stereocenters. The van der Waals surface area contributed by atoms with Gasteiger partial charge in [-0.1, -0.05) is 24.6 Å². The van der Waals surface area contributed by atoms with Crippen molar-refractivity contribution in [3.8, 4) is 11.5 Å². The normalized spacial score (nSPS) is 21.5. The highest BCUT2D eigenvalue weighted by atomic mass is 16.3. The second kappa shape index (κ2) is 7.50. The van der Waals surface area contributed by atoms with Crippen LogP contribution in [0.2, 0.25) is 0 Å². The van der Waals surface area contributed by atoms with E-state index in [0.717, 1.165) is 37.9 Å². The SMILES string of the molecule is C=C[C@@H]1CCC(C)=C[C@H]1c1c(O)cc(CCNCC)cc1O. The third-order valence-corrected chi connectivity index (χ3v) is 4.47. The lowest BCUT2D eigenvalue weighted by Gasteiger charge is -2.28. The lowest BCUT2D eigenvalue weighted by molar-refractivity contribution is 0.411. The van der Waals surface area contributed by atoms with Crippen LogP contribution in [0.4, 0.5) is 0 Å². The molecule has 2 rings (SSSR count). The summed E-state index contributed by atoms with van der Waals surface area (Å²) in [5, 5.41) is 24.1. The van der Waals surface area contributed by atoms with Gasteiger partial charge in [0, 0.05) is 11.5 Å². The zero-order valence-corrected chi connectivity index (χ0v) is 13.6. The Balaban J connectivity index is 2.30. The van der Waals surface area contributed by atoms with Gasteiger partial charge >= 0.3 is 0 Å². The van der Waals surface area contributed by atoms with Gasteiger partial charge in [0.15, 0.2) is 0 Å². The van der Waals surface area contributed by atoms with Crippen LogP contribution in [0.15, 0.2) is 36.4 Å². The minimum atomic E-state index is 0.00840. The van der Waals surface area contributed by atoms with Crippen molar-refractivity contribution in [3.05, 3.63) is 47.6 Å². The maximum atomic E-state index is 10.4. The van der Waals surface area contributed by atoms with E-state index in [9.17, 15) is 10.2 Å². The predicted octanol–water partition coefficient (Wildman–Crippen LogP) is 3.88. The molecule has 0 aromatic heterocycles. The Labute approximate surface area is 133 Å². The molecule has 3 nitrogen and oxygen atoms in total. The van der Waals surface area contributed by atoms with Crippen LogP contribution >= 0.6 is 0 Å². The van der Waals surface area contributed by atoms with Crippen molar-refractivity contribution in [3.63, 3.8) is 0 Å². The Hall–Kier alpha value is -1.74. The largest absolute Gasteiger partial charge is 0.507 e. The molecule has 2 atom stereocenters. The summed E-state index contributed by atoms with van der Waals surface area (Å²) in [5.74, 6) is 0.644. The summed E-state index contributed by atoms with van der Waals surface area (Å²) < 4.78 is 0. The standard InChI is InChI=1S/C19H27NO2/c1-4-15-7-6-13(3)10-16(15)19-17(21)11-14(12-18(19)22)8-9-20-5-2/h4,10-12,15-16,20-22H,1,5-9H2,2-3H3/t15-,16-/m1/s1. The smallest absolute Gasteiger partial charge is 0.123 e. The molecule has 1 aliphatic rings. The number of nitrogens with one attached hydrogen (secondary N) is 1. The Bertz CT molecular complexity index is 540. The molecule has 0 saturated heterocycles. The quantitative estimate of drug-likeness (QED) is 0.552. The molecule has 0 spiro atoms. The maximum Gasteiger partial charge on any atom is 0.123 e. The number of hydrogen-bond acceptors (Lipinski definition) is 3. The number of benzene rings is 1. The Morgan fingerprint density at radius 3 is 2.59 bits per heavy atom. The average molecular weight is 301 g/mol. The van der Waals surface area contributed by atoms with Crippen molar-refractivity contribution in [1.82, 2.24) is 5.32 Å². The highest BCUT2D eigenvalue weighted by molar-refractivity contribution is 5.51. The van der Waals surface area contributed by atoms with Crippen LogP contribution in [-0.4, -0.2) is 23.3 Å². The average Bonchev–Trinajstić information content (AvgIpc) is 2.47. The number of phenolic OH excluding ortho intramolecular Hbond substituents is 2. The van der Waals surface area contributed by atoms with Crippen LogP contribution < -0.4 is 5.32 Å². The van der Waals surface area contributed by atoms with Gasteiger partial charge in [-0.15, -0.1) is 6.58 Å². The van der Waals surface area contributed by atoms with E-state index in [-0.39, 0.29) is 23.3 Å². The number of likely N-dealkylation sites (N-methyl/N-ethyl adjacent to an activating group) is 1. The minimum Gasteiger partial charge on any atom is -0.507 e. The summed E-state index contributed by atoms with van der Waals surface area (Å²) in [7, 11) is 0. The van der Waals surface area contributed by atoms with E-state index in [0.29, 0.717) is 5.56 Å². The fourth-order valence-electron chi connectivity index (χ4n) is 3.22. The Kier molecular flexibility index (Phi) is 5.67. The van der Waals surface area contributed by atoms with E-state index in [2.05, 4.69) is 31.8 Å². The zero-order chi connectivity index (χ0) is 16.1. The van der Waals surface area contributed by atoms with Crippen LogP contribution in [-0.2, 0) is 6.42 Å². The molecule has 0 radical (unpaired) electrons. The fourth-order valence-corrected chi connectivity index (χ4v) is 3.22. The number of phenols is 2. The van der Waals surface area contributed by atoms with E-state index >= 15 is 0 Å². The fraction of sp³-hybridized carbons (Fsp3) is 0.474. The third-order valence-electron chi connectivity index (χ3n) is 4.47. The molecule has 120 valence electrons.